The molecular weight excluding hydrogens is 316 g/mol. The summed E-state index contributed by atoms with van der Waals surface area (Å²) in [5, 5.41) is 0. The molecule has 0 spiro atoms. The van der Waals surface area contributed by atoms with Crippen molar-refractivity contribution >= 4 is 17.4 Å². The van der Waals surface area contributed by atoms with Crippen molar-refractivity contribution in [1.29, 1.82) is 0 Å². The van der Waals surface area contributed by atoms with Crippen molar-refractivity contribution in [3.63, 3.8) is 0 Å². The van der Waals surface area contributed by atoms with Gasteiger partial charge in [-0.05, 0) is 38.5 Å². The topological polar surface area (TPSA) is 17.1 Å². The zero-order valence-corrected chi connectivity index (χ0v) is 16.9. The standard InChI is InChI=1S/C22H41ClO/c1-2-3-4-5-6-7-8-9-10-11-12-13-14-15-16-17-19-22(24)20-18-21-23/h9-10H,2-8,11-21H2,1H3/b10-9-. The molecule has 0 aliphatic heterocycles. The van der Waals surface area contributed by atoms with Crippen LogP contribution in [0.5, 0.6) is 0 Å². The maximum atomic E-state index is 11.5. The SMILES string of the molecule is CCCCCCCC/C=C\CCCCCCCCC(=O)CCCCl. The number of unbranched alkanes of at least 4 members (excludes halogenated alkanes) is 12. The number of hydrogen-bond donors (Lipinski definition) is 0. The molecule has 0 radical (unpaired) electrons. The average Bonchev–Trinajstić information content (AvgIpc) is 2.59. The predicted molar refractivity (Wildman–Crippen MR) is 109 cm³/mol. The first-order valence-electron chi connectivity index (χ1n) is 10.5. The quantitative estimate of drug-likeness (QED) is 0.130. The Bertz CT molecular complexity index is 286. The predicted octanol–water partition coefficient (Wildman–Crippen LogP) is 8.00. The molecule has 1 nitrogen and oxygen atoms in total. The number of carbonyl (C=O) groups is 1. The van der Waals surface area contributed by atoms with Crippen molar-refractivity contribution in [2.45, 2.75) is 116 Å². The second-order valence-corrected chi connectivity index (χ2v) is 7.40. The van der Waals surface area contributed by atoms with E-state index < -0.39 is 0 Å². The van der Waals surface area contributed by atoms with Gasteiger partial charge in [0.2, 0.25) is 0 Å². The highest BCUT2D eigenvalue weighted by molar-refractivity contribution is 6.17. The molecule has 0 aromatic rings. The van der Waals surface area contributed by atoms with Crippen LogP contribution in [0.4, 0.5) is 0 Å². The van der Waals surface area contributed by atoms with E-state index in [4.69, 9.17) is 11.6 Å². The van der Waals surface area contributed by atoms with E-state index in [0.29, 0.717) is 18.1 Å². The minimum absolute atomic E-state index is 0.395. The molecule has 0 unspecified atom stereocenters. The minimum Gasteiger partial charge on any atom is -0.300 e. The van der Waals surface area contributed by atoms with Crippen LogP contribution in [-0.4, -0.2) is 11.7 Å². The van der Waals surface area contributed by atoms with Crippen molar-refractivity contribution in [3.8, 4) is 0 Å². The van der Waals surface area contributed by atoms with Crippen molar-refractivity contribution < 1.29 is 4.79 Å². The monoisotopic (exact) mass is 356 g/mol. The first kappa shape index (κ1) is 23.7. The Balaban J connectivity index is 3.14. The molecule has 0 saturated carbocycles. The second-order valence-electron chi connectivity index (χ2n) is 7.02. The van der Waals surface area contributed by atoms with E-state index in [-0.39, 0.29) is 0 Å². The third kappa shape index (κ3) is 19.7. The molecule has 0 aromatic heterocycles. The lowest BCUT2D eigenvalue weighted by atomic mass is 10.0. The molecule has 0 heterocycles. The summed E-state index contributed by atoms with van der Waals surface area (Å²) < 4.78 is 0. The molecule has 24 heavy (non-hydrogen) atoms. The number of allylic oxidation sites excluding steroid dienone is 2. The van der Waals surface area contributed by atoms with E-state index in [1.807, 2.05) is 0 Å². The lowest BCUT2D eigenvalue weighted by Gasteiger charge is -2.01. The molecule has 0 amide bonds. The highest BCUT2D eigenvalue weighted by Crippen LogP contribution is 2.11. The molecule has 0 aliphatic carbocycles. The maximum absolute atomic E-state index is 11.5. The van der Waals surface area contributed by atoms with E-state index in [0.717, 1.165) is 19.3 Å². The van der Waals surface area contributed by atoms with Gasteiger partial charge in [0.1, 0.15) is 5.78 Å². The molecule has 0 saturated heterocycles. The minimum atomic E-state index is 0.395. The van der Waals surface area contributed by atoms with Gasteiger partial charge in [0.05, 0.1) is 0 Å². The molecule has 0 aromatic carbocycles. The first-order chi connectivity index (χ1) is 11.8. The number of hydrogen-bond acceptors (Lipinski definition) is 1. The van der Waals surface area contributed by atoms with Crippen molar-refractivity contribution in [2.24, 2.45) is 0 Å². The largest absolute Gasteiger partial charge is 0.300 e. The molecule has 2 heteroatoms. The van der Waals surface area contributed by atoms with Gasteiger partial charge < -0.3 is 0 Å². The smallest absolute Gasteiger partial charge is 0.132 e. The Labute approximate surface area is 156 Å². The summed E-state index contributed by atoms with van der Waals surface area (Å²) in [5.41, 5.74) is 0. The Hall–Kier alpha value is -0.300. The number of Topliss-reactive ketones (excluding diaryl/α,β-unsaturated/α-hetero) is 1. The van der Waals surface area contributed by atoms with Gasteiger partial charge in [-0.3, -0.25) is 4.79 Å². The fourth-order valence-corrected chi connectivity index (χ4v) is 3.09. The highest BCUT2D eigenvalue weighted by atomic mass is 35.5. The lowest BCUT2D eigenvalue weighted by molar-refractivity contribution is -0.119. The summed E-state index contributed by atoms with van der Waals surface area (Å²) in [7, 11) is 0. The van der Waals surface area contributed by atoms with Crippen molar-refractivity contribution in [3.05, 3.63) is 12.2 Å². The Morgan fingerprint density at radius 1 is 0.667 bits per heavy atom. The molecule has 0 N–H and O–H groups in total. The van der Waals surface area contributed by atoms with Crippen LogP contribution >= 0.6 is 11.6 Å². The number of halogens is 1. The summed E-state index contributed by atoms with van der Waals surface area (Å²) in [6.07, 6.45) is 25.4. The van der Waals surface area contributed by atoms with Gasteiger partial charge in [-0.2, -0.15) is 0 Å². The van der Waals surface area contributed by atoms with Gasteiger partial charge in [0.25, 0.3) is 0 Å². The highest BCUT2D eigenvalue weighted by Gasteiger charge is 2.00. The van der Waals surface area contributed by atoms with Gasteiger partial charge in [0, 0.05) is 18.7 Å². The molecule has 0 aliphatic rings. The number of rotatable bonds is 19. The Morgan fingerprint density at radius 2 is 1.12 bits per heavy atom. The molecular formula is C22H41ClO. The van der Waals surface area contributed by atoms with Crippen molar-refractivity contribution in [2.75, 3.05) is 5.88 Å². The van der Waals surface area contributed by atoms with Gasteiger partial charge in [-0.15, -0.1) is 11.6 Å². The summed E-state index contributed by atoms with van der Waals surface area (Å²) >= 11 is 5.59. The van der Waals surface area contributed by atoms with E-state index in [9.17, 15) is 4.79 Å². The van der Waals surface area contributed by atoms with Crippen LogP contribution in [0.25, 0.3) is 0 Å². The van der Waals surface area contributed by atoms with E-state index in [2.05, 4.69) is 19.1 Å². The molecule has 0 atom stereocenters. The fraction of sp³-hybridized carbons (Fsp3) is 0.864. The number of carbonyl (C=O) groups excluding carboxylic acids is 1. The normalized spacial score (nSPS) is 11.4. The van der Waals surface area contributed by atoms with Gasteiger partial charge >= 0.3 is 0 Å². The zero-order chi connectivity index (χ0) is 17.7. The third-order valence-electron chi connectivity index (χ3n) is 4.56. The molecule has 0 bridgehead atoms. The average molecular weight is 357 g/mol. The lowest BCUT2D eigenvalue weighted by Crippen LogP contribution is -1.97. The van der Waals surface area contributed by atoms with Crippen LogP contribution in [-0.2, 0) is 4.79 Å². The van der Waals surface area contributed by atoms with Crippen LogP contribution in [0.15, 0.2) is 12.2 Å². The second kappa shape index (κ2) is 20.7. The maximum Gasteiger partial charge on any atom is 0.132 e. The summed E-state index contributed by atoms with van der Waals surface area (Å²) in [4.78, 5) is 11.5. The van der Waals surface area contributed by atoms with Crippen LogP contribution in [0.2, 0.25) is 0 Å². The van der Waals surface area contributed by atoms with E-state index in [1.165, 1.54) is 83.5 Å². The molecule has 0 fully saturated rings. The van der Waals surface area contributed by atoms with Gasteiger partial charge in [-0.25, -0.2) is 0 Å². The first-order valence-corrected chi connectivity index (χ1v) is 11.1. The molecule has 142 valence electrons. The number of alkyl halides is 1. The summed E-state index contributed by atoms with van der Waals surface area (Å²) in [5.74, 6) is 1.00. The van der Waals surface area contributed by atoms with Crippen LogP contribution in [0.3, 0.4) is 0 Å². The number of ketones is 1. The fourth-order valence-electron chi connectivity index (χ4n) is 2.96. The zero-order valence-electron chi connectivity index (χ0n) is 16.2. The third-order valence-corrected chi connectivity index (χ3v) is 4.82. The summed E-state index contributed by atoms with van der Waals surface area (Å²) in [6.45, 7) is 2.27. The van der Waals surface area contributed by atoms with Gasteiger partial charge in [0.15, 0.2) is 0 Å². The van der Waals surface area contributed by atoms with Crippen LogP contribution in [0, 0.1) is 0 Å². The Kier molecular flexibility index (Phi) is 20.5. The van der Waals surface area contributed by atoms with Crippen LogP contribution < -0.4 is 0 Å². The van der Waals surface area contributed by atoms with Crippen LogP contribution in [0.1, 0.15) is 116 Å². The van der Waals surface area contributed by atoms with E-state index >= 15 is 0 Å². The summed E-state index contributed by atoms with van der Waals surface area (Å²) in [6, 6.07) is 0. The van der Waals surface area contributed by atoms with Crippen molar-refractivity contribution in [1.82, 2.24) is 0 Å². The van der Waals surface area contributed by atoms with Gasteiger partial charge in [-0.1, -0.05) is 76.9 Å². The molecule has 0 rings (SSSR count). The van der Waals surface area contributed by atoms with E-state index in [1.54, 1.807) is 0 Å². The Morgan fingerprint density at radius 3 is 1.67 bits per heavy atom.